The van der Waals surface area contributed by atoms with Crippen LogP contribution in [0.3, 0.4) is 0 Å². The minimum Gasteiger partial charge on any atom is -0.489 e. The molecule has 0 fully saturated rings. The van der Waals surface area contributed by atoms with E-state index >= 15 is 0 Å². The summed E-state index contributed by atoms with van der Waals surface area (Å²) in [4.78, 5) is 24.0. The van der Waals surface area contributed by atoms with Gasteiger partial charge in [-0.15, -0.1) is 0 Å². The van der Waals surface area contributed by atoms with Gasteiger partial charge in [-0.3, -0.25) is 9.59 Å². The second-order valence-corrected chi connectivity index (χ2v) is 7.01. The number of ether oxygens (including phenoxy) is 1. The summed E-state index contributed by atoms with van der Waals surface area (Å²) in [7, 11) is 0. The molecule has 0 aliphatic carbocycles. The highest BCUT2D eigenvalue weighted by molar-refractivity contribution is 6.39. The van der Waals surface area contributed by atoms with E-state index < -0.39 is 11.8 Å². The van der Waals surface area contributed by atoms with Gasteiger partial charge in [-0.1, -0.05) is 55.0 Å². The molecule has 0 radical (unpaired) electrons. The van der Waals surface area contributed by atoms with Crippen molar-refractivity contribution in [1.29, 1.82) is 0 Å². The van der Waals surface area contributed by atoms with Crippen LogP contribution < -0.4 is 15.5 Å². The molecule has 0 saturated carbocycles. The summed E-state index contributed by atoms with van der Waals surface area (Å²) in [6.07, 6.45) is 2.22. The lowest BCUT2D eigenvalue weighted by molar-refractivity contribution is -0.136. The molecule has 0 bridgehead atoms. The fourth-order valence-corrected chi connectivity index (χ4v) is 2.96. The number of para-hydroxylation sites is 1. The van der Waals surface area contributed by atoms with Gasteiger partial charge < -0.3 is 10.1 Å². The van der Waals surface area contributed by atoms with E-state index in [1.807, 2.05) is 68.4 Å². The van der Waals surface area contributed by atoms with Crippen LogP contribution in [0.4, 0.5) is 5.69 Å². The van der Waals surface area contributed by atoms with E-state index in [1.165, 1.54) is 11.8 Å². The number of amides is 2. The van der Waals surface area contributed by atoms with E-state index in [9.17, 15) is 9.59 Å². The molecule has 31 heavy (non-hydrogen) atoms. The van der Waals surface area contributed by atoms with Gasteiger partial charge in [0, 0.05) is 5.69 Å². The van der Waals surface area contributed by atoms with E-state index in [-0.39, 0.29) is 0 Å². The Labute approximate surface area is 182 Å². The van der Waals surface area contributed by atoms with E-state index in [4.69, 9.17) is 4.74 Å². The van der Waals surface area contributed by atoms with Crippen molar-refractivity contribution in [1.82, 2.24) is 5.43 Å². The lowest BCUT2D eigenvalue weighted by Gasteiger charge is -2.08. The number of aryl methyl sites for hydroxylation is 2. The van der Waals surface area contributed by atoms with Crippen molar-refractivity contribution in [3.05, 3.63) is 95.1 Å². The Morgan fingerprint density at radius 3 is 2.48 bits per heavy atom. The number of nitrogens with zero attached hydrogens (tertiary/aromatic N) is 1. The Morgan fingerprint density at radius 1 is 0.968 bits per heavy atom. The number of benzene rings is 3. The van der Waals surface area contributed by atoms with Gasteiger partial charge in [0.15, 0.2) is 0 Å². The Hall–Kier alpha value is -3.93. The molecule has 6 heteroatoms. The number of hydrogen-bond donors (Lipinski definition) is 2. The van der Waals surface area contributed by atoms with E-state index in [0.29, 0.717) is 12.3 Å². The molecule has 0 saturated heterocycles. The van der Waals surface area contributed by atoms with Crippen LogP contribution in [0.1, 0.15) is 29.2 Å². The predicted octanol–water partition coefficient (Wildman–Crippen LogP) is 4.23. The van der Waals surface area contributed by atoms with Gasteiger partial charge in [-0.05, 0) is 60.4 Å². The van der Waals surface area contributed by atoms with Crippen molar-refractivity contribution in [2.45, 2.75) is 26.9 Å². The van der Waals surface area contributed by atoms with Gasteiger partial charge >= 0.3 is 11.8 Å². The smallest absolute Gasteiger partial charge is 0.329 e. The molecule has 2 N–H and O–H groups in total. The van der Waals surface area contributed by atoms with E-state index in [2.05, 4.69) is 21.9 Å². The zero-order valence-corrected chi connectivity index (χ0v) is 17.6. The molecular formula is C25H25N3O3. The van der Waals surface area contributed by atoms with Gasteiger partial charge in [0.2, 0.25) is 0 Å². The molecule has 2 amide bonds. The van der Waals surface area contributed by atoms with E-state index in [0.717, 1.165) is 28.9 Å². The van der Waals surface area contributed by atoms with Gasteiger partial charge in [0.1, 0.15) is 12.4 Å². The molecule has 158 valence electrons. The molecule has 0 spiro atoms. The van der Waals surface area contributed by atoms with Crippen LogP contribution in [0.2, 0.25) is 0 Å². The van der Waals surface area contributed by atoms with Crippen LogP contribution in [0.5, 0.6) is 5.75 Å². The number of carbonyl (C=O) groups is 2. The Bertz CT molecular complexity index is 1080. The summed E-state index contributed by atoms with van der Waals surface area (Å²) in [5, 5.41) is 6.46. The Balaban J connectivity index is 1.48. The minimum absolute atomic E-state index is 0.488. The van der Waals surface area contributed by atoms with E-state index in [1.54, 1.807) is 12.1 Å². The maximum Gasteiger partial charge on any atom is 0.329 e. The van der Waals surface area contributed by atoms with Crippen LogP contribution >= 0.6 is 0 Å². The Morgan fingerprint density at radius 2 is 1.74 bits per heavy atom. The number of rotatable bonds is 7. The van der Waals surface area contributed by atoms with Crippen molar-refractivity contribution in [2.75, 3.05) is 5.32 Å². The van der Waals surface area contributed by atoms with Crippen molar-refractivity contribution in [2.24, 2.45) is 5.10 Å². The molecule has 0 aromatic heterocycles. The van der Waals surface area contributed by atoms with Crippen molar-refractivity contribution in [3.63, 3.8) is 0 Å². The third-order valence-electron chi connectivity index (χ3n) is 4.60. The SMILES string of the molecule is CCc1ccccc1NC(=O)C(=O)N/N=C/c1ccc(OCc2cccc(C)c2)cc1. The second-order valence-electron chi connectivity index (χ2n) is 7.01. The molecule has 0 aliphatic rings. The summed E-state index contributed by atoms with van der Waals surface area (Å²) >= 11 is 0. The van der Waals surface area contributed by atoms with Crippen LogP contribution in [-0.2, 0) is 22.6 Å². The molecule has 6 nitrogen and oxygen atoms in total. The summed E-state index contributed by atoms with van der Waals surface area (Å²) in [6, 6.07) is 22.8. The summed E-state index contributed by atoms with van der Waals surface area (Å²) < 4.78 is 5.78. The van der Waals surface area contributed by atoms with Gasteiger partial charge in [0.25, 0.3) is 0 Å². The molecule has 0 heterocycles. The van der Waals surface area contributed by atoms with Crippen molar-refractivity contribution >= 4 is 23.7 Å². The maximum absolute atomic E-state index is 12.1. The average Bonchev–Trinajstić information content (AvgIpc) is 2.79. The highest BCUT2D eigenvalue weighted by Crippen LogP contribution is 2.15. The number of hydrazone groups is 1. The fourth-order valence-electron chi connectivity index (χ4n) is 2.96. The largest absolute Gasteiger partial charge is 0.489 e. The third kappa shape index (κ3) is 6.54. The maximum atomic E-state index is 12.1. The molecular weight excluding hydrogens is 390 g/mol. The topological polar surface area (TPSA) is 79.8 Å². The van der Waals surface area contributed by atoms with Gasteiger partial charge in [-0.25, -0.2) is 5.43 Å². The molecule has 0 atom stereocenters. The second kappa shape index (κ2) is 10.7. The zero-order chi connectivity index (χ0) is 22.1. The fraction of sp³-hybridized carbons (Fsp3) is 0.160. The third-order valence-corrected chi connectivity index (χ3v) is 4.60. The lowest BCUT2D eigenvalue weighted by Crippen LogP contribution is -2.32. The predicted molar refractivity (Wildman–Crippen MR) is 122 cm³/mol. The van der Waals surface area contributed by atoms with Gasteiger partial charge in [-0.2, -0.15) is 5.10 Å². The standard InChI is InChI=1S/C25H25N3O3/c1-3-21-9-4-5-10-23(21)27-24(29)25(30)28-26-16-19-11-13-22(14-12-19)31-17-20-8-6-7-18(2)15-20/h4-16H,3,17H2,1-2H3,(H,27,29)(H,28,30)/b26-16+. The summed E-state index contributed by atoms with van der Waals surface area (Å²) in [6.45, 7) is 4.51. The number of hydrogen-bond acceptors (Lipinski definition) is 4. The molecule has 0 aliphatic heterocycles. The first-order valence-electron chi connectivity index (χ1n) is 10.1. The summed E-state index contributed by atoms with van der Waals surface area (Å²) in [5.74, 6) is -0.866. The monoisotopic (exact) mass is 415 g/mol. The summed E-state index contributed by atoms with van der Waals surface area (Å²) in [5.41, 5.74) is 6.88. The quantitative estimate of drug-likeness (QED) is 0.344. The number of anilines is 1. The lowest BCUT2D eigenvalue weighted by atomic mass is 10.1. The molecule has 0 unspecified atom stereocenters. The molecule has 3 rings (SSSR count). The van der Waals surface area contributed by atoms with Crippen LogP contribution in [0.25, 0.3) is 0 Å². The normalized spacial score (nSPS) is 10.6. The van der Waals surface area contributed by atoms with Crippen LogP contribution in [0, 0.1) is 6.92 Å². The number of nitrogens with one attached hydrogen (secondary N) is 2. The highest BCUT2D eigenvalue weighted by atomic mass is 16.5. The molecule has 3 aromatic carbocycles. The highest BCUT2D eigenvalue weighted by Gasteiger charge is 2.14. The number of carbonyl (C=O) groups excluding carboxylic acids is 2. The zero-order valence-electron chi connectivity index (χ0n) is 17.6. The molecule has 3 aromatic rings. The minimum atomic E-state index is -0.833. The van der Waals surface area contributed by atoms with Crippen molar-refractivity contribution < 1.29 is 14.3 Å². The van der Waals surface area contributed by atoms with Crippen LogP contribution in [0.15, 0.2) is 77.9 Å². The first-order valence-corrected chi connectivity index (χ1v) is 10.1. The van der Waals surface area contributed by atoms with Gasteiger partial charge in [0.05, 0.1) is 6.21 Å². The van der Waals surface area contributed by atoms with Crippen molar-refractivity contribution in [3.8, 4) is 5.75 Å². The average molecular weight is 415 g/mol. The first-order chi connectivity index (χ1) is 15.0. The van der Waals surface area contributed by atoms with Crippen LogP contribution in [-0.4, -0.2) is 18.0 Å². The first kappa shape index (κ1) is 21.8. The Kier molecular flexibility index (Phi) is 7.54.